The van der Waals surface area contributed by atoms with E-state index in [1.165, 1.54) is 23.9 Å². The van der Waals surface area contributed by atoms with E-state index in [2.05, 4.69) is 5.32 Å². The van der Waals surface area contributed by atoms with Crippen molar-refractivity contribution in [3.05, 3.63) is 63.7 Å². The monoisotopic (exact) mass is 430 g/mol. The molecule has 30 heavy (non-hydrogen) atoms. The maximum absolute atomic E-state index is 11.9. The van der Waals surface area contributed by atoms with Gasteiger partial charge in [-0.2, -0.15) is 0 Å². The number of nitro benzene ring substituents is 1. The minimum absolute atomic E-state index is 0.0499. The molecule has 0 atom stereocenters. The zero-order chi connectivity index (χ0) is 21.7. The predicted molar refractivity (Wildman–Crippen MR) is 117 cm³/mol. The van der Waals surface area contributed by atoms with E-state index in [0.717, 1.165) is 18.4 Å². The number of hydrogen-bond acceptors (Lipinski definition) is 6. The van der Waals surface area contributed by atoms with E-state index in [4.69, 9.17) is 0 Å². The number of carbonyl (C=O) groups is 1. The Balaban J connectivity index is 1.79. The first kappa shape index (κ1) is 22.1. The molecule has 0 spiro atoms. The van der Waals surface area contributed by atoms with Gasteiger partial charge < -0.3 is 15.5 Å². The number of aromatic carboxylic acids is 1. The van der Waals surface area contributed by atoms with Crippen molar-refractivity contribution in [1.82, 2.24) is 0 Å². The minimum atomic E-state index is -1.20. The van der Waals surface area contributed by atoms with Gasteiger partial charge >= 0.3 is 5.97 Å². The predicted octanol–water partition coefficient (Wildman–Crippen LogP) is 4.94. The lowest BCUT2D eigenvalue weighted by Crippen LogP contribution is -2.32. The van der Waals surface area contributed by atoms with Crippen LogP contribution in [0.2, 0.25) is 0 Å². The second-order valence-corrected chi connectivity index (χ2v) is 9.07. The standard InChI is InChI=1S/C22H26N2O5S/c1-22(27)9-7-15(8-10-22)13-23-20-18(21(25)26)11-17(12-19(20)24(28)29)30-14-16-5-3-2-4-6-16/h2-6,11-12,15,23,27H,7-10,13-14H2,1H3,(H,25,26). The number of anilines is 1. The van der Waals surface area contributed by atoms with Crippen LogP contribution in [0.5, 0.6) is 0 Å². The largest absolute Gasteiger partial charge is 0.478 e. The molecule has 2 aromatic carbocycles. The molecule has 1 saturated carbocycles. The third-order valence-corrected chi connectivity index (χ3v) is 6.56. The number of nitrogens with zero attached hydrogens (tertiary/aromatic N) is 1. The van der Waals surface area contributed by atoms with Gasteiger partial charge in [0.05, 0.1) is 16.1 Å². The number of carboxylic acids is 1. The fourth-order valence-corrected chi connectivity index (χ4v) is 4.60. The molecule has 0 heterocycles. The number of benzene rings is 2. The normalized spacial score (nSPS) is 21.2. The third-order valence-electron chi connectivity index (χ3n) is 5.52. The smallest absolute Gasteiger partial charge is 0.338 e. The molecule has 0 unspecified atom stereocenters. The zero-order valence-corrected chi connectivity index (χ0v) is 17.7. The lowest BCUT2D eigenvalue weighted by Gasteiger charge is -2.33. The van der Waals surface area contributed by atoms with Gasteiger partial charge in [0.2, 0.25) is 0 Å². The number of hydrogen-bond donors (Lipinski definition) is 3. The molecular formula is C22H26N2O5S. The molecule has 3 N–H and O–H groups in total. The van der Waals surface area contributed by atoms with E-state index in [1.807, 2.05) is 37.3 Å². The van der Waals surface area contributed by atoms with Gasteiger partial charge in [0.1, 0.15) is 5.69 Å². The Morgan fingerprint density at radius 3 is 2.53 bits per heavy atom. The van der Waals surface area contributed by atoms with Gasteiger partial charge in [-0.25, -0.2) is 4.79 Å². The highest BCUT2D eigenvalue weighted by molar-refractivity contribution is 7.98. The molecule has 0 aliphatic heterocycles. The van der Waals surface area contributed by atoms with Crippen molar-refractivity contribution in [1.29, 1.82) is 0 Å². The van der Waals surface area contributed by atoms with Crippen LogP contribution < -0.4 is 5.32 Å². The average molecular weight is 431 g/mol. The molecule has 2 aromatic rings. The summed E-state index contributed by atoms with van der Waals surface area (Å²) in [5.41, 5.74) is 0.119. The summed E-state index contributed by atoms with van der Waals surface area (Å²) in [5.74, 6) is -0.376. The van der Waals surface area contributed by atoms with E-state index in [1.54, 1.807) is 0 Å². The first-order valence-corrected chi connectivity index (χ1v) is 10.9. The van der Waals surface area contributed by atoms with Gasteiger partial charge in [0, 0.05) is 23.3 Å². The van der Waals surface area contributed by atoms with Crippen LogP contribution in [-0.2, 0) is 5.75 Å². The van der Waals surface area contributed by atoms with Crippen LogP contribution in [-0.4, -0.2) is 33.3 Å². The molecule has 0 amide bonds. The van der Waals surface area contributed by atoms with E-state index in [0.29, 0.717) is 30.0 Å². The lowest BCUT2D eigenvalue weighted by atomic mass is 9.80. The van der Waals surface area contributed by atoms with Crippen molar-refractivity contribution >= 4 is 29.1 Å². The molecule has 1 aliphatic carbocycles. The van der Waals surface area contributed by atoms with Crippen LogP contribution >= 0.6 is 11.8 Å². The van der Waals surface area contributed by atoms with Crippen LogP contribution in [0.4, 0.5) is 11.4 Å². The summed E-state index contributed by atoms with van der Waals surface area (Å²) in [6.45, 7) is 2.25. The van der Waals surface area contributed by atoms with Crippen molar-refractivity contribution in [2.45, 2.75) is 48.9 Å². The Hall–Kier alpha value is -2.58. The second-order valence-electron chi connectivity index (χ2n) is 8.02. The number of carboxylic acid groups (broad SMARTS) is 1. The van der Waals surface area contributed by atoms with E-state index < -0.39 is 16.5 Å². The highest BCUT2D eigenvalue weighted by atomic mass is 32.2. The number of rotatable bonds is 8. The van der Waals surface area contributed by atoms with E-state index >= 15 is 0 Å². The summed E-state index contributed by atoms with van der Waals surface area (Å²) in [5, 5.41) is 34.5. The van der Waals surface area contributed by atoms with Gasteiger partial charge in [-0.15, -0.1) is 11.8 Å². The summed E-state index contributed by atoms with van der Waals surface area (Å²) >= 11 is 1.37. The molecule has 0 saturated heterocycles. The number of nitrogens with one attached hydrogen (secondary N) is 1. The fraction of sp³-hybridized carbons (Fsp3) is 0.409. The van der Waals surface area contributed by atoms with Gasteiger partial charge in [-0.1, -0.05) is 30.3 Å². The van der Waals surface area contributed by atoms with Crippen LogP contribution in [0.3, 0.4) is 0 Å². The Morgan fingerprint density at radius 1 is 1.27 bits per heavy atom. The van der Waals surface area contributed by atoms with Crippen molar-refractivity contribution in [3.8, 4) is 0 Å². The summed E-state index contributed by atoms with van der Waals surface area (Å²) in [7, 11) is 0. The maximum Gasteiger partial charge on any atom is 0.338 e. The molecule has 1 aliphatic rings. The summed E-state index contributed by atoms with van der Waals surface area (Å²) < 4.78 is 0. The van der Waals surface area contributed by atoms with Gasteiger partial charge in [0.25, 0.3) is 5.69 Å². The molecule has 8 heteroatoms. The first-order valence-electron chi connectivity index (χ1n) is 9.94. The summed E-state index contributed by atoms with van der Waals surface area (Å²) in [6, 6.07) is 12.6. The van der Waals surface area contributed by atoms with Crippen LogP contribution in [0.15, 0.2) is 47.4 Å². The van der Waals surface area contributed by atoms with E-state index in [9.17, 15) is 25.1 Å². The Bertz CT molecular complexity index is 872. The molecule has 0 radical (unpaired) electrons. The quantitative estimate of drug-likeness (QED) is 0.309. The molecule has 0 aromatic heterocycles. The number of nitro groups is 1. The average Bonchev–Trinajstić information content (AvgIpc) is 2.72. The van der Waals surface area contributed by atoms with Gasteiger partial charge in [-0.05, 0) is 50.2 Å². The number of thioether (sulfide) groups is 1. The van der Waals surface area contributed by atoms with Crippen LogP contribution in [0.25, 0.3) is 0 Å². The highest BCUT2D eigenvalue weighted by Crippen LogP contribution is 2.37. The summed E-state index contributed by atoms with van der Waals surface area (Å²) in [6.07, 6.45) is 2.92. The first-order chi connectivity index (χ1) is 14.2. The molecule has 0 bridgehead atoms. The topological polar surface area (TPSA) is 113 Å². The Morgan fingerprint density at radius 2 is 1.93 bits per heavy atom. The second kappa shape index (κ2) is 9.49. The molecular weight excluding hydrogens is 404 g/mol. The Kier molecular flexibility index (Phi) is 6.99. The SMILES string of the molecule is CC1(O)CCC(CNc2c(C(=O)O)cc(SCc3ccccc3)cc2[N+](=O)[O-])CC1. The minimum Gasteiger partial charge on any atom is -0.478 e. The van der Waals surface area contributed by atoms with Crippen molar-refractivity contribution < 1.29 is 19.9 Å². The third kappa shape index (κ3) is 5.73. The molecule has 1 fully saturated rings. The maximum atomic E-state index is 11.9. The van der Waals surface area contributed by atoms with Crippen molar-refractivity contribution in [3.63, 3.8) is 0 Å². The number of aliphatic hydroxyl groups is 1. The van der Waals surface area contributed by atoms with E-state index in [-0.39, 0.29) is 22.9 Å². The Labute approximate surface area is 179 Å². The summed E-state index contributed by atoms with van der Waals surface area (Å²) in [4.78, 5) is 23.6. The zero-order valence-electron chi connectivity index (χ0n) is 16.8. The fourth-order valence-electron chi connectivity index (χ4n) is 3.67. The molecule has 7 nitrogen and oxygen atoms in total. The van der Waals surface area contributed by atoms with Crippen LogP contribution in [0.1, 0.15) is 48.5 Å². The molecule has 160 valence electrons. The van der Waals surface area contributed by atoms with Crippen molar-refractivity contribution in [2.75, 3.05) is 11.9 Å². The van der Waals surface area contributed by atoms with Gasteiger partial charge in [0.15, 0.2) is 0 Å². The highest BCUT2D eigenvalue weighted by Gasteiger charge is 2.30. The van der Waals surface area contributed by atoms with Gasteiger partial charge in [-0.3, -0.25) is 10.1 Å². The molecule has 3 rings (SSSR count). The lowest BCUT2D eigenvalue weighted by molar-refractivity contribution is -0.384. The van der Waals surface area contributed by atoms with Crippen LogP contribution in [0, 0.1) is 16.0 Å². The van der Waals surface area contributed by atoms with Crippen molar-refractivity contribution in [2.24, 2.45) is 5.92 Å².